The van der Waals surface area contributed by atoms with E-state index in [9.17, 15) is 8.42 Å². The quantitative estimate of drug-likeness (QED) is 0.827. The first-order valence-electron chi connectivity index (χ1n) is 8.08. The van der Waals surface area contributed by atoms with Gasteiger partial charge in [0.05, 0.1) is 24.8 Å². The zero-order valence-electron chi connectivity index (χ0n) is 14.2. The SMILES string of the molecule is CCN(c1nncc(Nc2cccc(OC)c2)n1)C1CCS(=O)(=O)C1. The van der Waals surface area contributed by atoms with Gasteiger partial charge in [-0.1, -0.05) is 6.07 Å². The molecule has 25 heavy (non-hydrogen) atoms. The first kappa shape index (κ1) is 17.4. The Morgan fingerprint density at radius 3 is 2.92 bits per heavy atom. The highest BCUT2D eigenvalue weighted by Gasteiger charge is 2.33. The maximum absolute atomic E-state index is 11.8. The van der Waals surface area contributed by atoms with E-state index in [2.05, 4.69) is 20.5 Å². The Bertz CT molecular complexity index is 843. The highest BCUT2D eigenvalue weighted by Crippen LogP contribution is 2.23. The summed E-state index contributed by atoms with van der Waals surface area (Å²) in [7, 11) is -1.36. The summed E-state index contributed by atoms with van der Waals surface area (Å²) in [6.45, 7) is 2.57. The second-order valence-corrected chi connectivity index (χ2v) is 8.07. The Balaban J connectivity index is 1.80. The molecular weight excluding hydrogens is 342 g/mol. The van der Waals surface area contributed by atoms with Gasteiger partial charge >= 0.3 is 0 Å². The fourth-order valence-electron chi connectivity index (χ4n) is 2.91. The summed E-state index contributed by atoms with van der Waals surface area (Å²) in [6, 6.07) is 7.37. The van der Waals surface area contributed by atoms with Gasteiger partial charge in [-0.05, 0) is 25.5 Å². The van der Waals surface area contributed by atoms with Crippen LogP contribution in [-0.2, 0) is 9.84 Å². The van der Waals surface area contributed by atoms with Crippen molar-refractivity contribution < 1.29 is 13.2 Å². The Labute approximate surface area is 147 Å². The molecule has 0 aliphatic carbocycles. The summed E-state index contributed by atoms with van der Waals surface area (Å²) >= 11 is 0. The van der Waals surface area contributed by atoms with E-state index in [1.165, 1.54) is 6.20 Å². The van der Waals surface area contributed by atoms with Crippen LogP contribution in [-0.4, -0.2) is 54.8 Å². The number of methoxy groups -OCH3 is 1. The molecule has 134 valence electrons. The molecule has 2 heterocycles. The number of nitrogens with zero attached hydrogens (tertiary/aromatic N) is 4. The third kappa shape index (κ3) is 4.16. The Kier molecular flexibility index (Phi) is 5.03. The van der Waals surface area contributed by atoms with Crippen LogP contribution in [0.15, 0.2) is 30.5 Å². The van der Waals surface area contributed by atoms with Gasteiger partial charge in [-0.25, -0.2) is 8.42 Å². The third-order valence-corrected chi connectivity index (χ3v) is 5.89. The molecule has 8 nitrogen and oxygen atoms in total. The van der Waals surface area contributed by atoms with Crippen molar-refractivity contribution in [3.05, 3.63) is 30.5 Å². The molecule has 3 rings (SSSR count). The molecule has 1 atom stereocenters. The summed E-state index contributed by atoms with van der Waals surface area (Å²) in [5.74, 6) is 2.05. The third-order valence-electron chi connectivity index (χ3n) is 4.14. The van der Waals surface area contributed by atoms with Crippen LogP contribution in [0, 0.1) is 0 Å². The van der Waals surface area contributed by atoms with E-state index in [1.807, 2.05) is 36.1 Å². The molecular formula is C16H21N5O3S. The lowest BCUT2D eigenvalue weighted by molar-refractivity contribution is 0.415. The van der Waals surface area contributed by atoms with Crippen molar-refractivity contribution in [2.45, 2.75) is 19.4 Å². The number of nitrogens with one attached hydrogen (secondary N) is 1. The molecule has 1 unspecified atom stereocenters. The molecule has 0 bridgehead atoms. The molecule has 1 aliphatic heterocycles. The molecule has 9 heteroatoms. The van der Waals surface area contributed by atoms with Gasteiger partial charge < -0.3 is 15.0 Å². The van der Waals surface area contributed by atoms with Crippen LogP contribution in [0.5, 0.6) is 5.75 Å². The van der Waals surface area contributed by atoms with Crippen LogP contribution < -0.4 is 15.0 Å². The molecule has 1 aliphatic rings. The van der Waals surface area contributed by atoms with Crippen LogP contribution in [0.1, 0.15) is 13.3 Å². The maximum Gasteiger partial charge on any atom is 0.247 e. The van der Waals surface area contributed by atoms with Crippen LogP contribution in [0.3, 0.4) is 0 Å². The van der Waals surface area contributed by atoms with Crippen LogP contribution in [0.25, 0.3) is 0 Å². The normalized spacial score (nSPS) is 18.7. The fraction of sp³-hybridized carbons (Fsp3) is 0.438. The summed E-state index contributed by atoms with van der Waals surface area (Å²) in [6.07, 6.45) is 2.12. The van der Waals surface area contributed by atoms with Crippen molar-refractivity contribution in [2.24, 2.45) is 0 Å². The number of rotatable bonds is 6. The van der Waals surface area contributed by atoms with Gasteiger partial charge in [-0.3, -0.25) is 0 Å². The smallest absolute Gasteiger partial charge is 0.247 e. The first-order valence-corrected chi connectivity index (χ1v) is 9.91. The lowest BCUT2D eigenvalue weighted by atomic mass is 10.2. The van der Waals surface area contributed by atoms with Gasteiger partial charge in [0.1, 0.15) is 5.75 Å². The van der Waals surface area contributed by atoms with Gasteiger partial charge in [-0.2, -0.15) is 10.1 Å². The molecule has 1 fully saturated rings. The Morgan fingerprint density at radius 1 is 1.40 bits per heavy atom. The monoisotopic (exact) mass is 363 g/mol. The van der Waals surface area contributed by atoms with Crippen molar-refractivity contribution in [1.82, 2.24) is 15.2 Å². The number of ether oxygens (including phenoxy) is 1. The lowest BCUT2D eigenvalue weighted by Crippen LogP contribution is -2.37. The Hall–Kier alpha value is -2.42. The minimum atomic E-state index is -2.97. The van der Waals surface area contributed by atoms with Gasteiger partial charge in [0, 0.05) is 24.3 Å². The largest absolute Gasteiger partial charge is 0.497 e. The van der Waals surface area contributed by atoms with Gasteiger partial charge in [-0.15, -0.1) is 5.10 Å². The van der Waals surface area contributed by atoms with E-state index in [0.29, 0.717) is 24.7 Å². The highest BCUT2D eigenvalue weighted by molar-refractivity contribution is 7.91. The first-order chi connectivity index (χ1) is 12.0. The molecule has 0 amide bonds. The highest BCUT2D eigenvalue weighted by atomic mass is 32.2. The van der Waals surface area contributed by atoms with E-state index in [1.54, 1.807) is 7.11 Å². The van der Waals surface area contributed by atoms with E-state index >= 15 is 0 Å². The summed E-state index contributed by atoms with van der Waals surface area (Å²) in [5.41, 5.74) is 0.817. The standard InChI is InChI=1S/C16H21N5O3S/c1-3-21(13-7-8-25(22,23)11-13)16-19-15(10-17-20-16)18-12-5-4-6-14(9-12)24-2/h4-6,9-10,13H,3,7-8,11H2,1-2H3,(H,18,19,20). The van der Waals surface area contributed by atoms with Crippen LogP contribution in [0.2, 0.25) is 0 Å². The van der Waals surface area contributed by atoms with Gasteiger partial charge in [0.25, 0.3) is 0 Å². The number of aromatic nitrogens is 3. The zero-order valence-corrected chi connectivity index (χ0v) is 15.0. The fourth-order valence-corrected chi connectivity index (χ4v) is 4.64. The summed E-state index contributed by atoms with van der Waals surface area (Å²) < 4.78 is 28.7. The number of hydrogen-bond acceptors (Lipinski definition) is 8. The maximum atomic E-state index is 11.8. The molecule has 1 aromatic heterocycles. The van der Waals surface area contributed by atoms with Crippen LogP contribution in [0.4, 0.5) is 17.5 Å². The predicted octanol–water partition coefficient (Wildman–Crippen LogP) is 1.64. The average molecular weight is 363 g/mol. The minimum absolute atomic E-state index is 0.108. The predicted molar refractivity (Wildman–Crippen MR) is 96.2 cm³/mol. The number of anilines is 3. The summed E-state index contributed by atoms with van der Waals surface area (Å²) in [4.78, 5) is 6.39. The molecule has 0 spiro atoms. The molecule has 1 aromatic carbocycles. The molecule has 1 saturated heterocycles. The molecule has 0 saturated carbocycles. The molecule has 0 radical (unpaired) electrons. The zero-order chi connectivity index (χ0) is 17.9. The van der Waals surface area contributed by atoms with Crippen LogP contribution >= 0.6 is 0 Å². The Morgan fingerprint density at radius 2 is 2.24 bits per heavy atom. The number of benzene rings is 1. The van der Waals surface area contributed by atoms with Crippen molar-refractivity contribution in [3.8, 4) is 5.75 Å². The van der Waals surface area contributed by atoms with E-state index in [4.69, 9.17) is 4.74 Å². The summed E-state index contributed by atoms with van der Waals surface area (Å²) in [5, 5.41) is 11.3. The lowest BCUT2D eigenvalue weighted by Gasteiger charge is -2.26. The number of sulfone groups is 1. The average Bonchev–Trinajstić information content (AvgIpc) is 2.96. The van der Waals surface area contributed by atoms with Crippen molar-refractivity contribution in [2.75, 3.05) is 35.4 Å². The van der Waals surface area contributed by atoms with Gasteiger partial charge in [0.15, 0.2) is 15.7 Å². The van der Waals surface area contributed by atoms with Crippen molar-refractivity contribution in [1.29, 1.82) is 0 Å². The van der Waals surface area contributed by atoms with Gasteiger partial charge in [0.2, 0.25) is 5.95 Å². The topological polar surface area (TPSA) is 97.3 Å². The van der Waals surface area contributed by atoms with Crippen molar-refractivity contribution in [3.63, 3.8) is 0 Å². The molecule has 2 aromatic rings. The minimum Gasteiger partial charge on any atom is -0.497 e. The number of hydrogen-bond donors (Lipinski definition) is 1. The second kappa shape index (κ2) is 7.22. The second-order valence-electron chi connectivity index (χ2n) is 5.84. The van der Waals surface area contributed by atoms with E-state index < -0.39 is 9.84 Å². The molecule has 1 N–H and O–H groups in total. The van der Waals surface area contributed by atoms with E-state index in [0.717, 1.165) is 11.4 Å². The van der Waals surface area contributed by atoms with E-state index in [-0.39, 0.29) is 17.5 Å². The van der Waals surface area contributed by atoms with Crippen molar-refractivity contribution >= 4 is 27.3 Å².